The van der Waals surface area contributed by atoms with E-state index < -0.39 is 0 Å². The van der Waals surface area contributed by atoms with Gasteiger partial charge in [0.1, 0.15) is 0 Å². The van der Waals surface area contributed by atoms with E-state index in [4.69, 9.17) is 5.73 Å². The van der Waals surface area contributed by atoms with Gasteiger partial charge in [-0.05, 0) is 37.6 Å². The molecule has 1 aliphatic rings. The van der Waals surface area contributed by atoms with E-state index in [9.17, 15) is 0 Å². The molecule has 1 aromatic carbocycles. The van der Waals surface area contributed by atoms with E-state index in [1.807, 2.05) is 0 Å². The zero-order valence-electron chi connectivity index (χ0n) is 10.4. The first kappa shape index (κ1) is 13.1. The van der Waals surface area contributed by atoms with Crippen molar-refractivity contribution in [2.24, 2.45) is 5.73 Å². The van der Waals surface area contributed by atoms with Crippen molar-refractivity contribution in [3.05, 3.63) is 34.3 Å². The first-order chi connectivity index (χ1) is 8.16. The summed E-state index contributed by atoms with van der Waals surface area (Å²) in [4.78, 5) is 2.41. The average Bonchev–Trinajstić information content (AvgIpc) is 2.29. The fourth-order valence-corrected chi connectivity index (χ4v) is 3.17. The molecule has 0 amide bonds. The van der Waals surface area contributed by atoms with Crippen LogP contribution in [0.5, 0.6) is 0 Å². The van der Waals surface area contributed by atoms with Gasteiger partial charge in [-0.2, -0.15) is 0 Å². The molecule has 0 heterocycles. The Labute approximate surface area is 112 Å². The molecule has 2 atom stereocenters. The summed E-state index contributed by atoms with van der Waals surface area (Å²) in [6.45, 7) is 0.984. The molecular formula is C14H21BrN2. The van der Waals surface area contributed by atoms with Crippen molar-refractivity contribution >= 4 is 15.9 Å². The van der Waals surface area contributed by atoms with Gasteiger partial charge in [0.25, 0.3) is 0 Å². The molecule has 0 radical (unpaired) electrons. The Hall–Kier alpha value is -0.380. The van der Waals surface area contributed by atoms with Crippen molar-refractivity contribution < 1.29 is 0 Å². The Balaban J connectivity index is 1.98. The summed E-state index contributed by atoms with van der Waals surface area (Å²) in [6.07, 6.45) is 5.03. The SMILES string of the molecule is CN(Cc1cccc(Br)c1)C1CCCCC1N. The summed E-state index contributed by atoms with van der Waals surface area (Å²) in [7, 11) is 2.19. The van der Waals surface area contributed by atoms with Crippen LogP contribution in [0.3, 0.4) is 0 Å². The third-order valence-electron chi connectivity index (χ3n) is 3.67. The van der Waals surface area contributed by atoms with Crippen molar-refractivity contribution in [3.8, 4) is 0 Å². The molecule has 1 aromatic rings. The standard InChI is InChI=1S/C14H21BrN2/c1-17(14-8-3-2-7-13(14)16)10-11-5-4-6-12(15)9-11/h4-6,9,13-14H,2-3,7-8,10,16H2,1H3. The molecule has 17 heavy (non-hydrogen) atoms. The summed E-state index contributed by atoms with van der Waals surface area (Å²) in [6, 6.07) is 9.41. The zero-order valence-corrected chi connectivity index (χ0v) is 12.0. The van der Waals surface area contributed by atoms with E-state index >= 15 is 0 Å². The Kier molecular flexibility index (Phi) is 4.60. The summed E-state index contributed by atoms with van der Waals surface area (Å²) in [5.74, 6) is 0. The summed E-state index contributed by atoms with van der Waals surface area (Å²) >= 11 is 3.52. The molecule has 0 aliphatic heterocycles. The summed E-state index contributed by atoms with van der Waals surface area (Å²) < 4.78 is 1.15. The Bertz CT molecular complexity index is 367. The fraction of sp³-hybridized carbons (Fsp3) is 0.571. The van der Waals surface area contributed by atoms with Gasteiger partial charge >= 0.3 is 0 Å². The van der Waals surface area contributed by atoms with Crippen molar-refractivity contribution in [2.45, 2.75) is 44.3 Å². The maximum atomic E-state index is 6.21. The molecule has 0 aromatic heterocycles. The second-order valence-electron chi connectivity index (χ2n) is 5.06. The first-order valence-corrected chi connectivity index (χ1v) is 7.16. The normalized spacial score (nSPS) is 25.2. The third-order valence-corrected chi connectivity index (χ3v) is 4.16. The van der Waals surface area contributed by atoms with E-state index in [2.05, 4.69) is 52.1 Å². The van der Waals surface area contributed by atoms with Crippen LogP contribution in [0, 0.1) is 0 Å². The Morgan fingerprint density at radius 2 is 2.12 bits per heavy atom. The predicted molar refractivity (Wildman–Crippen MR) is 75.8 cm³/mol. The highest BCUT2D eigenvalue weighted by molar-refractivity contribution is 9.10. The maximum Gasteiger partial charge on any atom is 0.0247 e. The van der Waals surface area contributed by atoms with Gasteiger partial charge in [0, 0.05) is 23.1 Å². The quantitative estimate of drug-likeness (QED) is 0.928. The minimum Gasteiger partial charge on any atom is -0.326 e. The Morgan fingerprint density at radius 3 is 2.82 bits per heavy atom. The van der Waals surface area contributed by atoms with Gasteiger partial charge in [-0.15, -0.1) is 0 Å². The lowest BCUT2D eigenvalue weighted by molar-refractivity contribution is 0.162. The highest BCUT2D eigenvalue weighted by Gasteiger charge is 2.25. The van der Waals surface area contributed by atoms with E-state index in [0.717, 1.165) is 11.0 Å². The van der Waals surface area contributed by atoms with Crippen LogP contribution < -0.4 is 5.73 Å². The molecule has 0 bridgehead atoms. The van der Waals surface area contributed by atoms with Crippen LogP contribution in [-0.4, -0.2) is 24.0 Å². The summed E-state index contributed by atoms with van der Waals surface area (Å²) in [5.41, 5.74) is 7.56. The second-order valence-corrected chi connectivity index (χ2v) is 5.98. The molecule has 0 spiro atoms. The molecule has 2 rings (SSSR count). The molecule has 2 unspecified atom stereocenters. The minimum atomic E-state index is 0.348. The number of nitrogens with zero attached hydrogens (tertiary/aromatic N) is 1. The van der Waals surface area contributed by atoms with Crippen molar-refractivity contribution in [1.29, 1.82) is 0 Å². The van der Waals surface area contributed by atoms with E-state index in [-0.39, 0.29) is 0 Å². The minimum absolute atomic E-state index is 0.348. The molecule has 1 fully saturated rings. The number of benzene rings is 1. The van der Waals surface area contributed by atoms with Gasteiger partial charge in [-0.1, -0.05) is 40.9 Å². The highest BCUT2D eigenvalue weighted by Crippen LogP contribution is 2.22. The van der Waals surface area contributed by atoms with Gasteiger partial charge < -0.3 is 5.73 Å². The molecule has 94 valence electrons. The molecule has 3 heteroatoms. The van der Waals surface area contributed by atoms with Crippen LogP contribution >= 0.6 is 15.9 Å². The first-order valence-electron chi connectivity index (χ1n) is 6.37. The van der Waals surface area contributed by atoms with E-state index in [1.54, 1.807) is 0 Å². The van der Waals surface area contributed by atoms with Crippen LogP contribution in [0.4, 0.5) is 0 Å². The molecular weight excluding hydrogens is 276 g/mol. The van der Waals surface area contributed by atoms with Gasteiger partial charge in [0.05, 0.1) is 0 Å². The van der Waals surface area contributed by atoms with Gasteiger partial charge in [0.2, 0.25) is 0 Å². The molecule has 1 aliphatic carbocycles. The lowest BCUT2D eigenvalue weighted by Crippen LogP contribution is -2.47. The molecule has 1 saturated carbocycles. The number of hydrogen-bond acceptors (Lipinski definition) is 2. The average molecular weight is 297 g/mol. The molecule has 2 nitrogen and oxygen atoms in total. The van der Waals surface area contributed by atoms with Crippen molar-refractivity contribution in [3.63, 3.8) is 0 Å². The maximum absolute atomic E-state index is 6.21. The topological polar surface area (TPSA) is 29.3 Å². The molecule has 0 saturated heterocycles. The highest BCUT2D eigenvalue weighted by atomic mass is 79.9. The second kappa shape index (κ2) is 5.98. The zero-order chi connectivity index (χ0) is 12.3. The van der Waals surface area contributed by atoms with Crippen LogP contribution in [0.15, 0.2) is 28.7 Å². The van der Waals surface area contributed by atoms with Crippen molar-refractivity contribution in [2.75, 3.05) is 7.05 Å². The van der Waals surface area contributed by atoms with Gasteiger partial charge in [-0.3, -0.25) is 4.90 Å². The van der Waals surface area contributed by atoms with E-state index in [1.165, 1.54) is 31.2 Å². The van der Waals surface area contributed by atoms with Crippen molar-refractivity contribution in [1.82, 2.24) is 4.90 Å². The lowest BCUT2D eigenvalue weighted by atomic mass is 9.90. The third kappa shape index (κ3) is 3.54. The Morgan fingerprint density at radius 1 is 1.35 bits per heavy atom. The largest absolute Gasteiger partial charge is 0.326 e. The van der Waals surface area contributed by atoms with Gasteiger partial charge in [0.15, 0.2) is 0 Å². The van der Waals surface area contributed by atoms with E-state index in [0.29, 0.717) is 12.1 Å². The number of rotatable bonds is 3. The number of hydrogen-bond donors (Lipinski definition) is 1. The van der Waals surface area contributed by atoms with Crippen LogP contribution in [-0.2, 0) is 6.54 Å². The molecule has 2 N–H and O–H groups in total. The van der Waals surface area contributed by atoms with Crippen LogP contribution in [0.1, 0.15) is 31.2 Å². The van der Waals surface area contributed by atoms with Crippen LogP contribution in [0.2, 0.25) is 0 Å². The van der Waals surface area contributed by atoms with Crippen LogP contribution in [0.25, 0.3) is 0 Å². The predicted octanol–water partition coefficient (Wildman–Crippen LogP) is 3.15. The summed E-state index contributed by atoms with van der Waals surface area (Å²) in [5, 5.41) is 0. The number of nitrogens with two attached hydrogens (primary N) is 1. The fourth-order valence-electron chi connectivity index (χ4n) is 2.73. The number of likely N-dealkylation sites (N-methyl/N-ethyl adjacent to an activating group) is 1. The number of halogens is 1. The monoisotopic (exact) mass is 296 g/mol. The lowest BCUT2D eigenvalue weighted by Gasteiger charge is -2.36. The van der Waals surface area contributed by atoms with Gasteiger partial charge in [-0.25, -0.2) is 0 Å². The smallest absolute Gasteiger partial charge is 0.0247 e.